The Hall–Kier alpha value is -3.65. The summed E-state index contributed by atoms with van der Waals surface area (Å²) >= 11 is 5.85. The van der Waals surface area contributed by atoms with Crippen LogP contribution in [-0.4, -0.2) is 36.5 Å². The number of amides is 2. The van der Waals surface area contributed by atoms with Crippen LogP contribution < -0.4 is 15.4 Å². The van der Waals surface area contributed by atoms with Gasteiger partial charge in [0.15, 0.2) is 6.61 Å². The fourth-order valence-corrected chi connectivity index (χ4v) is 2.87. The van der Waals surface area contributed by atoms with Crippen molar-refractivity contribution in [2.45, 2.75) is 6.92 Å². The molecule has 0 aliphatic carbocycles. The van der Waals surface area contributed by atoms with Gasteiger partial charge in [0, 0.05) is 18.0 Å². The highest BCUT2D eigenvalue weighted by Crippen LogP contribution is 2.28. The van der Waals surface area contributed by atoms with Crippen molar-refractivity contribution in [2.24, 2.45) is 0 Å². The van der Waals surface area contributed by atoms with E-state index in [9.17, 15) is 14.4 Å². The SMILES string of the molecule is COc1ccc(NC(C)=O)cc1NC(=O)COC(=O)c1ccc2nc(Cl)ccc2c1. The Morgan fingerprint density at radius 3 is 2.57 bits per heavy atom. The Labute approximate surface area is 177 Å². The van der Waals surface area contributed by atoms with E-state index in [0.29, 0.717) is 27.8 Å². The molecular weight excluding hydrogens is 410 g/mol. The van der Waals surface area contributed by atoms with Gasteiger partial charge in [0.05, 0.1) is 23.9 Å². The van der Waals surface area contributed by atoms with Crippen molar-refractivity contribution in [2.75, 3.05) is 24.4 Å². The van der Waals surface area contributed by atoms with Gasteiger partial charge in [0.2, 0.25) is 5.91 Å². The molecule has 2 N–H and O–H groups in total. The third kappa shape index (κ3) is 5.24. The van der Waals surface area contributed by atoms with Crippen molar-refractivity contribution < 1.29 is 23.9 Å². The third-order valence-corrected chi connectivity index (χ3v) is 4.23. The number of pyridine rings is 1. The van der Waals surface area contributed by atoms with Gasteiger partial charge in [-0.05, 0) is 48.5 Å². The van der Waals surface area contributed by atoms with Crippen molar-refractivity contribution in [3.8, 4) is 5.75 Å². The van der Waals surface area contributed by atoms with Crippen molar-refractivity contribution in [1.82, 2.24) is 4.98 Å². The molecule has 1 heterocycles. The summed E-state index contributed by atoms with van der Waals surface area (Å²) in [5.41, 5.74) is 1.74. The van der Waals surface area contributed by atoms with E-state index < -0.39 is 18.5 Å². The van der Waals surface area contributed by atoms with Gasteiger partial charge in [0.25, 0.3) is 5.91 Å². The van der Waals surface area contributed by atoms with Crippen LogP contribution in [0, 0.1) is 0 Å². The van der Waals surface area contributed by atoms with Crippen molar-refractivity contribution in [1.29, 1.82) is 0 Å². The second-order valence-electron chi connectivity index (χ2n) is 6.26. The zero-order chi connectivity index (χ0) is 21.7. The molecule has 1 aromatic heterocycles. The Balaban J connectivity index is 1.65. The predicted molar refractivity (Wildman–Crippen MR) is 113 cm³/mol. The Morgan fingerprint density at radius 2 is 1.83 bits per heavy atom. The van der Waals surface area contributed by atoms with E-state index >= 15 is 0 Å². The van der Waals surface area contributed by atoms with Gasteiger partial charge in [0.1, 0.15) is 10.9 Å². The number of nitrogens with zero attached hydrogens (tertiary/aromatic N) is 1. The van der Waals surface area contributed by atoms with Crippen LogP contribution in [0.2, 0.25) is 5.15 Å². The number of fused-ring (bicyclic) bond motifs is 1. The highest BCUT2D eigenvalue weighted by atomic mass is 35.5. The van der Waals surface area contributed by atoms with Crippen molar-refractivity contribution in [3.05, 3.63) is 59.2 Å². The zero-order valence-corrected chi connectivity index (χ0v) is 16.9. The molecule has 0 bridgehead atoms. The van der Waals surface area contributed by atoms with Crippen molar-refractivity contribution in [3.63, 3.8) is 0 Å². The number of hydrogen-bond acceptors (Lipinski definition) is 6. The van der Waals surface area contributed by atoms with Gasteiger partial charge < -0.3 is 20.1 Å². The summed E-state index contributed by atoms with van der Waals surface area (Å²) < 4.78 is 10.3. The molecule has 0 unspecified atom stereocenters. The molecule has 9 heteroatoms. The van der Waals surface area contributed by atoms with Crippen molar-refractivity contribution >= 4 is 51.7 Å². The zero-order valence-electron chi connectivity index (χ0n) is 16.2. The molecule has 0 radical (unpaired) electrons. The number of benzene rings is 2. The molecule has 0 atom stereocenters. The van der Waals surface area contributed by atoms with Gasteiger partial charge >= 0.3 is 5.97 Å². The topological polar surface area (TPSA) is 107 Å². The minimum atomic E-state index is -0.652. The van der Waals surface area contributed by atoms with E-state index in [1.807, 2.05) is 0 Å². The molecule has 30 heavy (non-hydrogen) atoms. The smallest absolute Gasteiger partial charge is 0.338 e. The maximum Gasteiger partial charge on any atom is 0.338 e. The summed E-state index contributed by atoms with van der Waals surface area (Å²) in [6, 6.07) is 12.9. The average molecular weight is 428 g/mol. The third-order valence-electron chi connectivity index (χ3n) is 4.02. The molecule has 2 amide bonds. The van der Waals surface area contributed by atoms with E-state index in [2.05, 4.69) is 15.6 Å². The molecule has 0 aliphatic heterocycles. The highest BCUT2D eigenvalue weighted by molar-refractivity contribution is 6.29. The first kappa shape index (κ1) is 21.1. The number of anilines is 2. The number of aromatic nitrogens is 1. The van der Waals surface area contributed by atoms with Crippen LogP contribution in [0.4, 0.5) is 11.4 Å². The number of carbonyl (C=O) groups excluding carboxylic acids is 3. The molecule has 2 aromatic carbocycles. The number of carbonyl (C=O) groups is 3. The maximum absolute atomic E-state index is 12.3. The fraction of sp³-hybridized carbons (Fsp3) is 0.143. The molecule has 154 valence electrons. The number of methoxy groups -OCH3 is 1. The molecule has 8 nitrogen and oxygen atoms in total. The van der Waals surface area contributed by atoms with E-state index in [1.165, 1.54) is 14.0 Å². The van der Waals surface area contributed by atoms with E-state index in [-0.39, 0.29) is 11.5 Å². The van der Waals surface area contributed by atoms with E-state index in [0.717, 1.165) is 5.39 Å². The highest BCUT2D eigenvalue weighted by Gasteiger charge is 2.14. The normalized spacial score (nSPS) is 10.4. The molecule has 0 fully saturated rings. The number of hydrogen-bond donors (Lipinski definition) is 2. The first-order valence-corrected chi connectivity index (χ1v) is 9.22. The first-order valence-electron chi connectivity index (χ1n) is 8.84. The average Bonchev–Trinajstić information content (AvgIpc) is 2.71. The van der Waals surface area contributed by atoms with Gasteiger partial charge in [-0.1, -0.05) is 11.6 Å². The lowest BCUT2D eigenvalue weighted by atomic mass is 10.1. The molecular formula is C21H18ClN3O5. The van der Waals surface area contributed by atoms with Crippen LogP contribution in [0.1, 0.15) is 17.3 Å². The molecule has 3 aromatic rings. The number of halogens is 1. The first-order chi connectivity index (χ1) is 14.4. The van der Waals surface area contributed by atoms with Gasteiger partial charge in [-0.2, -0.15) is 0 Å². The van der Waals surface area contributed by atoms with Gasteiger partial charge in [-0.3, -0.25) is 9.59 Å². The Morgan fingerprint density at radius 1 is 1.03 bits per heavy atom. The summed E-state index contributed by atoms with van der Waals surface area (Å²) in [6.07, 6.45) is 0. The summed E-state index contributed by atoms with van der Waals surface area (Å²) in [6.45, 7) is 0.878. The van der Waals surface area contributed by atoms with Gasteiger partial charge in [-0.15, -0.1) is 0 Å². The molecule has 0 aliphatic rings. The summed E-state index contributed by atoms with van der Waals surface area (Å²) in [5.74, 6) is -1.07. The van der Waals surface area contributed by atoms with Crippen LogP contribution >= 0.6 is 11.6 Å². The standard InChI is InChI=1S/C21H18ClN3O5/c1-12(26)23-15-5-7-18(29-2)17(10-15)25-20(27)11-30-21(28)14-3-6-16-13(9-14)4-8-19(22)24-16/h3-10H,11H2,1-2H3,(H,23,26)(H,25,27). The second-order valence-corrected chi connectivity index (χ2v) is 6.65. The van der Waals surface area contributed by atoms with Crippen LogP contribution in [-0.2, 0) is 14.3 Å². The minimum Gasteiger partial charge on any atom is -0.495 e. The summed E-state index contributed by atoms with van der Waals surface area (Å²) in [7, 11) is 1.45. The fourth-order valence-electron chi connectivity index (χ4n) is 2.72. The maximum atomic E-state index is 12.3. The minimum absolute atomic E-state index is 0.251. The lowest BCUT2D eigenvalue weighted by Crippen LogP contribution is -2.21. The van der Waals surface area contributed by atoms with Crippen LogP contribution in [0.3, 0.4) is 0 Å². The van der Waals surface area contributed by atoms with Crippen LogP contribution in [0.25, 0.3) is 10.9 Å². The molecule has 3 rings (SSSR count). The Bertz CT molecular complexity index is 1130. The summed E-state index contributed by atoms with van der Waals surface area (Å²) in [4.78, 5) is 39.9. The van der Waals surface area contributed by atoms with Crippen LogP contribution in [0.5, 0.6) is 5.75 Å². The lowest BCUT2D eigenvalue weighted by Gasteiger charge is -2.12. The number of esters is 1. The second kappa shape index (κ2) is 9.23. The van der Waals surface area contributed by atoms with E-state index in [1.54, 1.807) is 48.5 Å². The number of nitrogens with one attached hydrogen (secondary N) is 2. The number of ether oxygens (including phenoxy) is 2. The molecule has 0 spiro atoms. The lowest BCUT2D eigenvalue weighted by molar-refractivity contribution is -0.119. The molecule has 0 saturated heterocycles. The summed E-state index contributed by atoms with van der Waals surface area (Å²) in [5, 5.41) is 6.29. The Kier molecular flexibility index (Phi) is 6.48. The van der Waals surface area contributed by atoms with E-state index in [4.69, 9.17) is 21.1 Å². The van der Waals surface area contributed by atoms with Crippen LogP contribution in [0.15, 0.2) is 48.5 Å². The quantitative estimate of drug-likeness (QED) is 0.459. The largest absolute Gasteiger partial charge is 0.495 e. The molecule has 0 saturated carbocycles. The predicted octanol–water partition coefficient (Wildman–Crippen LogP) is 3.65. The van der Waals surface area contributed by atoms with Gasteiger partial charge in [-0.25, -0.2) is 9.78 Å². The monoisotopic (exact) mass is 427 g/mol. The number of rotatable bonds is 6.